The van der Waals surface area contributed by atoms with Crippen LogP contribution in [0.4, 0.5) is 4.39 Å². The molecule has 0 saturated carbocycles. The molecule has 1 heterocycles. The minimum Gasteiger partial charge on any atom is -0.394 e. The van der Waals surface area contributed by atoms with Gasteiger partial charge in [0.15, 0.2) is 0 Å². The molecule has 0 aromatic heterocycles. The smallest absolute Gasteiger partial charge is 0.228 e. The van der Waals surface area contributed by atoms with E-state index in [9.17, 15) is 4.39 Å². The Labute approximate surface area is 69.5 Å². The number of alkyl halides is 2. The van der Waals surface area contributed by atoms with Crippen molar-refractivity contribution in [2.24, 2.45) is 0 Å². The van der Waals surface area contributed by atoms with Crippen molar-refractivity contribution in [3.63, 3.8) is 0 Å². The second-order valence-electron chi connectivity index (χ2n) is 2.40. The Bertz CT molecular complexity index is 157. The van der Waals surface area contributed by atoms with Crippen molar-refractivity contribution in [2.45, 2.75) is 23.3 Å². The number of ether oxygens (including phenoxy) is 1. The van der Waals surface area contributed by atoms with Crippen LogP contribution in [-0.4, -0.2) is 48.0 Å². The summed E-state index contributed by atoms with van der Waals surface area (Å²) < 4.78 is 17.6. The molecule has 11 heavy (non-hydrogen) atoms. The van der Waals surface area contributed by atoms with Crippen LogP contribution in [0.3, 0.4) is 0 Å². The molecule has 62 valence electrons. The SMILES string of the molecule is [B]C1OC(CO)C(O)C1(F)Cl. The van der Waals surface area contributed by atoms with Crippen LogP contribution in [-0.2, 0) is 4.74 Å². The summed E-state index contributed by atoms with van der Waals surface area (Å²) in [4.78, 5) is 0. The second-order valence-corrected chi connectivity index (χ2v) is 2.98. The Morgan fingerprint density at radius 1 is 1.73 bits per heavy atom. The van der Waals surface area contributed by atoms with Crippen LogP contribution in [0.2, 0.25) is 0 Å². The number of halogens is 2. The molecule has 1 aliphatic heterocycles. The lowest BCUT2D eigenvalue weighted by Gasteiger charge is -2.18. The standard InChI is InChI=1S/C5H7BClFO3/c6-4-5(7,8)3(10)2(1-9)11-4/h2-4,9-10H,1H2. The first kappa shape index (κ1) is 9.25. The summed E-state index contributed by atoms with van der Waals surface area (Å²) >= 11 is 5.16. The van der Waals surface area contributed by atoms with Gasteiger partial charge in [-0.3, -0.25) is 0 Å². The van der Waals surface area contributed by atoms with Gasteiger partial charge in [0.05, 0.1) is 12.6 Å². The lowest BCUT2D eigenvalue weighted by Crippen LogP contribution is -2.39. The fourth-order valence-corrected chi connectivity index (χ4v) is 1.10. The third kappa shape index (κ3) is 1.38. The molecule has 1 aliphatic rings. The summed E-state index contributed by atoms with van der Waals surface area (Å²) in [7, 11) is 5.07. The van der Waals surface area contributed by atoms with Gasteiger partial charge in [-0.1, -0.05) is 11.6 Å². The topological polar surface area (TPSA) is 49.7 Å². The second kappa shape index (κ2) is 2.90. The van der Waals surface area contributed by atoms with Crippen molar-refractivity contribution in [1.82, 2.24) is 0 Å². The van der Waals surface area contributed by atoms with E-state index < -0.39 is 29.9 Å². The van der Waals surface area contributed by atoms with Crippen molar-refractivity contribution < 1.29 is 19.3 Å². The maximum Gasteiger partial charge on any atom is 0.228 e. The number of hydrogen-bond donors (Lipinski definition) is 2. The van der Waals surface area contributed by atoms with Gasteiger partial charge in [-0.25, -0.2) is 4.39 Å². The number of hydrogen-bond acceptors (Lipinski definition) is 3. The highest BCUT2D eigenvalue weighted by Gasteiger charge is 2.53. The maximum atomic E-state index is 13.0. The predicted molar refractivity (Wildman–Crippen MR) is 37.2 cm³/mol. The van der Waals surface area contributed by atoms with E-state index >= 15 is 0 Å². The lowest BCUT2D eigenvalue weighted by molar-refractivity contribution is -0.00685. The summed E-state index contributed by atoms with van der Waals surface area (Å²) in [5.74, 6) is 0. The Morgan fingerprint density at radius 3 is 2.45 bits per heavy atom. The average molecular weight is 180 g/mol. The van der Waals surface area contributed by atoms with Gasteiger partial charge >= 0.3 is 0 Å². The minimum atomic E-state index is -2.49. The Kier molecular flexibility index (Phi) is 2.44. The summed E-state index contributed by atoms with van der Waals surface area (Å²) in [6, 6.07) is -1.39. The molecule has 0 bridgehead atoms. The van der Waals surface area contributed by atoms with Gasteiger partial charge in [-0.05, 0) is 0 Å². The fourth-order valence-electron chi connectivity index (χ4n) is 0.912. The van der Waals surface area contributed by atoms with E-state index in [-0.39, 0.29) is 0 Å². The van der Waals surface area contributed by atoms with Crippen LogP contribution in [0.25, 0.3) is 0 Å². The van der Waals surface area contributed by atoms with E-state index in [1.165, 1.54) is 0 Å². The van der Waals surface area contributed by atoms with E-state index in [4.69, 9.17) is 29.7 Å². The van der Waals surface area contributed by atoms with Crippen LogP contribution < -0.4 is 0 Å². The minimum absolute atomic E-state index is 0.507. The molecule has 0 aromatic rings. The lowest BCUT2D eigenvalue weighted by atomic mass is 9.93. The first-order valence-electron chi connectivity index (χ1n) is 3.08. The molecule has 2 radical (unpaired) electrons. The average Bonchev–Trinajstić information content (AvgIpc) is 2.14. The molecule has 0 aliphatic carbocycles. The molecule has 4 atom stereocenters. The normalized spacial score (nSPS) is 51.5. The van der Waals surface area contributed by atoms with E-state index in [2.05, 4.69) is 4.74 Å². The summed E-state index contributed by atoms with van der Waals surface area (Å²) in [5.41, 5.74) is 0. The zero-order valence-electron chi connectivity index (χ0n) is 5.58. The van der Waals surface area contributed by atoms with Gasteiger partial charge in [-0.2, -0.15) is 0 Å². The highest BCUT2D eigenvalue weighted by Crippen LogP contribution is 2.36. The number of aliphatic hydroxyl groups excluding tert-OH is 2. The van der Waals surface area contributed by atoms with Crippen molar-refractivity contribution in [1.29, 1.82) is 0 Å². The highest BCUT2D eigenvalue weighted by molar-refractivity contribution is 6.29. The van der Waals surface area contributed by atoms with Crippen molar-refractivity contribution in [3.8, 4) is 0 Å². The summed E-state index contributed by atoms with van der Waals surface area (Å²) in [5, 5.41) is 15.0. The molecular weight excluding hydrogens is 173 g/mol. The zero-order valence-corrected chi connectivity index (χ0v) is 6.33. The maximum absolute atomic E-state index is 13.0. The quantitative estimate of drug-likeness (QED) is 0.408. The highest BCUT2D eigenvalue weighted by atomic mass is 35.5. The monoisotopic (exact) mass is 180 g/mol. The number of aliphatic hydroxyl groups is 2. The predicted octanol–water partition coefficient (Wildman–Crippen LogP) is -0.862. The Morgan fingerprint density at radius 2 is 2.27 bits per heavy atom. The zero-order chi connectivity index (χ0) is 8.65. The largest absolute Gasteiger partial charge is 0.394 e. The van der Waals surface area contributed by atoms with Crippen LogP contribution in [0.15, 0.2) is 0 Å². The van der Waals surface area contributed by atoms with Gasteiger partial charge in [-0.15, -0.1) is 0 Å². The molecule has 1 saturated heterocycles. The van der Waals surface area contributed by atoms with Crippen molar-refractivity contribution in [2.75, 3.05) is 6.61 Å². The van der Waals surface area contributed by atoms with Gasteiger partial charge in [0, 0.05) is 0 Å². The summed E-state index contributed by atoms with van der Waals surface area (Å²) in [6.07, 6.45) is -2.61. The van der Waals surface area contributed by atoms with Crippen LogP contribution in [0.5, 0.6) is 0 Å². The van der Waals surface area contributed by atoms with Crippen molar-refractivity contribution in [3.05, 3.63) is 0 Å². The van der Waals surface area contributed by atoms with E-state index in [1.54, 1.807) is 0 Å². The molecule has 1 rings (SSSR count). The van der Waals surface area contributed by atoms with Gasteiger partial charge < -0.3 is 14.9 Å². The van der Waals surface area contributed by atoms with Crippen LogP contribution in [0.1, 0.15) is 0 Å². The van der Waals surface area contributed by atoms with E-state index in [0.717, 1.165) is 0 Å². The first-order valence-corrected chi connectivity index (χ1v) is 3.45. The van der Waals surface area contributed by atoms with E-state index in [1.807, 2.05) is 0 Å². The molecule has 0 aromatic carbocycles. The van der Waals surface area contributed by atoms with Gasteiger partial charge in [0.1, 0.15) is 20.1 Å². The molecular formula is C5H7BClFO3. The molecule has 6 heteroatoms. The molecule has 0 spiro atoms. The van der Waals surface area contributed by atoms with Crippen molar-refractivity contribution >= 4 is 19.4 Å². The molecule has 4 unspecified atom stereocenters. The van der Waals surface area contributed by atoms with Gasteiger partial charge in [0.25, 0.3) is 0 Å². The third-order valence-electron chi connectivity index (χ3n) is 1.63. The summed E-state index contributed by atoms with van der Waals surface area (Å²) in [6.45, 7) is -0.507. The van der Waals surface area contributed by atoms with Crippen LogP contribution in [0, 0.1) is 0 Å². The van der Waals surface area contributed by atoms with E-state index in [0.29, 0.717) is 0 Å². The van der Waals surface area contributed by atoms with Crippen LogP contribution >= 0.6 is 11.6 Å². The number of rotatable bonds is 1. The molecule has 1 fully saturated rings. The Balaban J connectivity index is 2.71. The Hall–Kier alpha value is 0.165. The molecule has 3 nitrogen and oxygen atoms in total. The fraction of sp³-hybridized carbons (Fsp3) is 1.00. The molecule has 0 amide bonds. The molecule has 2 N–H and O–H groups in total. The third-order valence-corrected chi connectivity index (χ3v) is 2.07. The first-order chi connectivity index (χ1) is 5.00. The van der Waals surface area contributed by atoms with Gasteiger partial charge in [0.2, 0.25) is 5.13 Å².